The highest BCUT2D eigenvalue weighted by atomic mass is 32.1. The molecule has 0 saturated carbocycles. The average molecular weight is 531 g/mol. The van der Waals surface area contributed by atoms with Crippen molar-refractivity contribution in [2.75, 3.05) is 18.5 Å². The second-order valence-electron chi connectivity index (χ2n) is 9.20. The second kappa shape index (κ2) is 11.4. The summed E-state index contributed by atoms with van der Waals surface area (Å²) in [5.41, 5.74) is 3.72. The number of ether oxygens (including phenoxy) is 2. The van der Waals surface area contributed by atoms with Gasteiger partial charge in [-0.05, 0) is 84.6 Å². The summed E-state index contributed by atoms with van der Waals surface area (Å²) in [7, 11) is 0. The quantitative estimate of drug-likeness (QED) is 0.275. The van der Waals surface area contributed by atoms with Gasteiger partial charge in [-0.1, -0.05) is 13.8 Å². The highest BCUT2D eigenvalue weighted by Crippen LogP contribution is 2.33. The first kappa shape index (κ1) is 25.4. The number of nitrogens with one attached hydrogen (secondary N) is 1. The van der Waals surface area contributed by atoms with E-state index in [1.165, 1.54) is 23.5 Å². The molecule has 0 saturated heterocycles. The van der Waals surface area contributed by atoms with E-state index in [0.717, 1.165) is 29.0 Å². The van der Waals surface area contributed by atoms with Gasteiger partial charge in [0.1, 0.15) is 17.3 Å². The molecule has 0 spiro atoms. The van der Waals surface area contributed by atoms with Gasteiger partial charge in [0.25, 0.3) is 5.91 Å². The molecule has 194 valence electrons. The molecule has 3 aromatic carbocycles. The maximum atomic E-state index is 13.4. The third kappa shape index (κ3) is 6.18. The molecule has 38 heavy (non-hydrogen) atoms. The molecule has 1 N–H and O–H groups in total. The van der Waals surface area contributed by atoms with Gasteiger partial charge in [-0.15, -0.1) is 11.3 Å². The minimum Gasteiger partial charge on any atom is -0.494 e. The molecular weight excluding hydrogens is 503 g/mol. The van der Waals surface area contributed by atoms with Gasteiger partial charge in [-0.2, -0.15) is 5.10 Å². The lowest BCUT2D eigenvalue weighted by Gasteiger charge is -2.18. The molecule has 1 amide bonds. The third-order valence-corrected chi connectivity index (χ3v) is 6.63. The summed E-state index contributed by atoms with van der Waals surface area (Å²) >= 11 is 1.41. The van der Waals surface area contributed by atoms with Gasteiger partial charge in [-0.3, -0.25) is 4.79 Å². The third-order valence-electron chi connectivity index (χ3n) is 5.81. The monoisotopic (exact) mass is 530 g/mol. The number of amides is 1. The van der Waals surface area contributed by atoms with E-state index < -0.39 is 0 Å². The number of nitrogens with zero attached hydrogens (tertiary/aromatic N) is 3. The molecule has 5 rings (SSSR count). The minimum atomic E-state index is -0.323. The molecule has 2 heterocycles. The number of rotatable bonds is 8. The summed E-state index contributed by atoms with van der Waals surface area (Å²) in [5, 5.41) is 9.53. The summed E-state index contributed by atoms with van der Waals surface area (Å²) < 4.78 is 26.5. The fourth-order valence-corrected chi connectivity index (χ4v) is 4.60. The largest absolute Gasteiger partial charge is 0.494 e. The SMILES string of the molecule is CC(C)CCOc1ccc(/C=N\n2c(-c3ccc4c(c3)NC(=O)CO4)csc2=Nc2ccc(F)cc2)cc1. The molecule has 0 atom stereocenters. The van der Waals surface area contributed by atoms with E-state index in [-0.39, 0.29) is 18.3 Å². The van der Waals surface area contributed by atoms with Gasteiger partial charge in [0.2, 0.25) is 4.80 Å². The fraction of sp³-hybridized carbons (Fsp3) is 0.207. The Labute approximate surface area is 223 Å². The van der Waals surface area contributed by atoms with Crippen molar-refractivity contribution in [2.45, 2.75) is 20.3 Å². The number of carbonyl (C=O) groups excluding carboxylic acids is 1. The van der Waals surface area contributed by atoms with Gasteiger partial charge in [-0.25, -0.2) is 14.1 Å². The molecule has 1 aliphatic rings. The minimum absolute atomic E-state index is 0.00263. The van der Waals surface area contributed by atoms with E-state index in [2.05, 4.69) is 24.2 Å². The molecule has 0 bridgehead atoms. The van der Waals surface area contributed by atoms with Crippen LogP contribution in [-0.4, -0.2) is 30.0 Å². The fourth-order valence-electron chi connectivity index (χ4n) is 3.74. The molecular formula is C29H27FN4O3S. The number of anilines is 1. The van der Waals surface area contributed by atoms with Crippen LogP contribution in [0.4, 0.5) is 15.8 Å². The number of hydrogen-bond donors (Lipinski definition) is 1. The summed E-state index contributed by atoms with van der Waals surface area (Å²) in [6.07, 6.45) is 2.75. The van der Waals surface area contributed by atoms with Crippen LogP contribution in [0.3, 0.4) is 0 Å². The number of aromatic nitrogens is 1. The lowest BCUT2D eigenvalue weighted by atomic mass is 10.1. The van der Waals surface area contributed by atoms with Crippen molar-refractivity contribution in [3.63, 3.8) is 0 Å². The maximum absolute atomic E-state index is 13.4. The van der Waals surface area contributed by atoms with Gasteiger partial charge < -0.3 is 14.8 Å². The highest BCUT2D eigenvalue weighted by molar-refractivity contribution is 7.07. The van der Waals surface area contributed by atoms with Crippen molar-refractivity contribution in [1.29, 1.82) is 0 Å². The van der Waals surface area contributed by atoms with Crippen LogP contribution in [0, 0.1) is 11.7 Å². The Balaban J connectivity index is 1.48. The topological polar surface area (TPSA) is 77.2 Å². The molecule has 0 unspecified atom stereocenters. The van der Waals surface area contributed by atoms with Crippen LogP contribution in [-0.2, 0) is 4.79 Å². The highest BCUT2D eigenvalue weighted by Gasteiger charge is 2.18. The first-order valence-corrected chi connectivity index (χ1v) is 13.2. The van der Waals surface area contributed by atoms with Gasteiger partial charge >= 0.3 is 0 Å². The van der Waals surface area contributed by atoms with Gasteiger partial charge in [0.05, 0.1) is 29.9 Å². The second-order valence-corrected chi connectivity index (χ2v) is 10.0. The Morgan fingerprint density at radius 2 is 1.92 bits per heavy atom. The van der Waals surface area contributed by atoms with Gasteiger partial charge in [0.15, 0.2) is 6.61 Å². The smallest absolute Gasteiger partial charge is 0.262 e. The number of carbonyl (C=O) groups is 1. The maximum Gasteiger partial charge on any atom is 0.262 e. The first-order valence-electron chi connectivity index (χ1n) is 12.3. The Morgan fingerprint density at radius 3 is 2.68 bits per heavy atom. The summed E-state index contributed by atoms with van der Waals surface area (Å²) in [4.78, 5) is 17.1. The van der Waals surface area contributed by atoms with Crippen molar-refractivity contribution in [3.05, 3.63) is 88.3 Å². The predicted octanol–water partition coefficient (Wildman–Crippen LogP) is 6.23. The van der Waals surface area contributed by atoms with Crippen LogP contribution < -0.4 is 19.6 Å². The Morgan fingerprint density at radius 1 is 1.13 bits per heavy atom. The number of thiazole rings is 1. The van der Waals surface area contributed by atoms with Crippen LogP contribution in [0.25, 0.3) is 11.3 Å². The van der Waals surface area contributed by atoms with E-state index in [9.17, 15) is 9.18 Å². The molecule has 9 heteroatoms. The standard InChI is InChI=1S/C29H27FN4O3S/c1-19(2)13-14-36-24-10-3-20(4-11-24)16-31-34-26(18-38-29(34)32-23-8-6-22(30)7-9-23)21-5-12-27-25(15-21)33-28(35)17-37-27/h3-12,15-16,18-19H,13-14,17H2,1-2H3,(H,33,35)/b31-16-,32-29?. The van der Waals surface area contributed by atoms with Gasteiger partial charge in [0, 0.05) is 10.9 Å². The van der Waals surface area contributed by atoms with E-state index in [0.29, 0.717) is 34.5 Å². The van der Waals surface area contributed by atoms with Crippen molar-refractivity contribution in [2.24, 2.45) is 16.0 Å². The summed E-state index contributed by atoms with van der Waals surface area (Å²) in [6.45, 7) is 5.02. The van der Waals surface area contributed by atoms with Crippen LogP contribution in [0.2, 0.25) is 0 Å². The molecule has 7 nitrogen and oxygen atoms in total. The Hall–Kier alpha value is -4.24. The number of hydrogen-bond acceptors (Lipinski definition) is 6. The van der Waals surface area contributed by atoms with Crippen LogP contribution in [0.5, 0.6) is 11.5 Å². The van der Waals surface area contributed by atoms with E-state index >= 15 is 0 Å². The average Bonchev–Trinajstić information content (AvgIpc) is 3.31. The zero-order chi connectivity index (χ0) is 26.5. The number of fused-ring (bicyclic) bond motifs is 1. The zero-order valence-corrected chi connectivity index (χ0v) is 21.9. The van der Waals surface area contributed by atoms with Crippen LogP contribution in [0.15, 0.2) is 82.2 Å². The molecule has 0 fully saturated rings. The number of halogens is 1. The Bertz CT molecular complexity index is 1520. The lowest BCUT2D eigenvalue weighted by Crippen LogP contribution is -2.25. The number of benzene rings is 3. The molecule has 1 aromatic heterocycles. The van der Waals surface area contributed by atoms with E-state index in [1.807, 2.05) is 47.8 Å². The summed E-state index contributed by atoms with van der Waals surface area (Å²) in [5.74, 6) is 1.50. The van der Waals surface area contributed by atoms with Crippen molar-refractivity contribution in [1.82, 2.24) is 4.68 Å². The van der Waals surface area contributed by atoms with Crippen LogP contribution in [0.1, 0.15) is 25.8 Å². The van der Waals surface area contributed by atoms with Crippen molar-refractivity contribution < 1.29 is 18.7 Å². The lowest BCUT2D eigenvalue weighted by molar-refractivity contribution is -0.118. The molecule has 0 radical (unpaired) electrons. The molecule has 1 aliphatic heterocycles. The zero-order valence-electron chi connectivity index (χ0n) is 21.1. The first-order chi connectivity index (χ1) is 18.4. The molecule has 4 aromatic rings. The Kier molecular flexibility index (Phi) is 7.65. The van der Waals surface area contributed by atoms with Crippen LogP contribution >= 0.6 is 11.3 Å². The van der Waals surface area contributed by atoms with E-state index in [4.69, 9.17) is 14.6 Å². The van der Waals surface area contributed by atoms with Crippen molar-refractivity contribution in [3.8, 4) is 22.8 Å². The summed E-state index contributed by atoms with van der Waals surface area (Å²) in [6, 6.07) is 19.3. The molecule has 0 aliphatic carbocycles. The predicted molar refractivity (Wildman–Crippen MR) is 148 cm³/mol. The normalized spacial score (nSPS) is 13.5. The van der Waals surface area contributed by atoms with E-state index in [1.54, 1.807) is 23.0 Å². The van der Waals surface area contributed by atoms with Crippen molar-refractivity contribution >= 4 is 34.8 Å².